The fourth-order valence-electron chi connectivity index (χ4n) is 3.06. The van der Waals surface area contributed by atoms with Crippen molar-refractivity contribution in [3.8, 4) is 0 Å². The summed E-state index contributed by atoms with van der Waals surface area (Å²) in [5.74, 6) is 2.65. The number of halogens is 1. The summed E-state index contributed by atoms with van der Waals surface area (Å²) in [5, 5.41) is 10.7. The van der Waals surface area contributed by atoms with Crippen LogP contribution in [0.25, 0.3) is 0 Å². The van der Waals surface area contributed by atoms with E-state index in [4.69, 9.17) is 4.74 Å². The van der Waals surface area contributed by atoms with Gasteiger partial charge >= 0.3 is 0 Å². The Bertz CT molecular complexity index is 435. The first-order valence-electron chi connectivity index (χ1n) is 6.75. The van der Waals surface area contributed by atoms with E-state index in [0.29, 0.717) is 5.92 Å². The van der Waals surface area contributed by atoms with Crippen LogP contribution in [0, 0.1) is 12.8 Å². The van der Waals surface area contributed by atoms with Crippen LogP contribution in [0.5, 0.6) is 0 Å². The third kappa shape index (κ3) is 2.91. The monoisotopic (exact) mass is 362 g/mol. The Morgan fingerprint density at radius 1 is 1.58 bits per heavy atom. The van der Waals surface area contributed by atoms with Crippen LogP contribution in [-0.4, -0.2) is 28.8 Å². The van der Waals surface area contributed by atoms with Gasteiger partial charge < -0.3 is 9.84 Å². The van der Waals surface area contributed by atoms with Crippen molar-refractivity contribution in [3.63, 3.8) is 0 Å². The summed E-state index contributed by atoms with van der Waals surface area (Å²) < 4.78 is 7.17. The van der Waals surface area contributed by atoms with Crippen molar-refractivity contribution < 1.29 is 9.84 Å². The molecule has 2 nitrogen and oxygen atoms in total. The van der Waals surface area contributed by atoms with Gasteiger partial charge in [-0.15, -0.1) is 11.3 Å². The maximum Gasteiger partial charge on any atom is 0.0912 e. The minimum absolute atomic E-state index is 0.0537. The van der Waals surface area contributed by atoms with Crippen molar-refractivity contribution in [3.05, 3.63) is 20.3 Å². The zero-order chi connectivity index (χ0) is 13.5. The minimum atomic E-state index is -0.332. The van der Waals surface area contributed by atoms with Crippen molar-refractivity contribution in [1.82, 2.24) is 0 Å². The molecule has 0 amide bonds. The number of aliphatic hydroxyl groups excluding tert-OH is 1. The number of aliphatic hydroxyl groups is 1. The molecule has 5 heteroatoms. The largest absolute Gasteiger partial charge is 0.387 e. The Morgan fingerprint density at radius 3 is 3.05 bits per heavy atom. The van der Waals surface area contributed by atoms with E-state index in [9.17, 15) is 5.11 Å². The first-order valence-corrected chi connectivity index (χ1v) is 9.52. The lowest BCUT2D eigenvalue weighted by atomic mass is 9.82. The molecule has 0 aromatic carbocycles. The molecular formula is C14H19BrO2S2. The molecule has 1 N–H and O–H groups in total. The molecule has 0 aliphatic carbocycles. The van der Waals surface area contributed by atoms with Crippen LogP contribution in [0.2, 0.25) is 0 Å². The summed E-state index contributed by atoms with van der Waals surface area (Å²) in [6, 6.07) is 2.12. The Morgan fingerprint density at radius 2 is 2.42 bits per heavy atom. The van der Waals surface area contributed by atoms with Crippen molar-refractivity contribution >= 4 is 39.0 Å². The molecule has 19 heavy (non-hydrogen) atoms. The van der Waals surface area contributed by atoms with Crippen molar-refractivity contribution in [2.24, 2.45) is 5.92 Å². The van der Waals surface area contributed by atoms with Gasteiger partial charge in [-0.2, -0.15) is 11.8 Å². The van der Waals surface area contributed by atoms with Crippen molar-refractivity contribution in [2.45, 2.75) is 37.9 Å². The fraction of sp³-hybridized carbons (Fsp3) is 0.714. The van der Waals surface area contributed by atoms with Crippen LogP contribution in [0.4, 0.5) is 0 Å². The smallest absolute Gasteiger partial charge is 0.0912 e. The summed E-state index contributed by atoms with van der Waals surface area (Å²) in [6.07, 6.45) is 2.80. The average molecular weight is 363 g/mol. The topological polar surface area (TPSA) is 29.5 Å². The summed E-state index contributed by atoms with van der Waals surface area (Å²) in [5.41, 5.74) is 1.27. The first kappa shape index (κ1) is 14.4. The van der Waals surface area contributed by atoms with Crippen LogP contribution in [0.1, 0.15) is 35.8 Å². The van der Waals surface area contributed by atoms with Crippen LogP contribution in [-0.2, 0) is 4.74 Å². The van der Waals surface area contributed by atoms with Crippen LogP contribution < -0.4 is 0 Å². The highest BCUT2D eigenvalue weighted by molar-refractivity contribution is 9.11. The minimum Gasteiger partial charge on any atom is -0.387 e. The Hall–Kier alpha value is 0.450. The van der Waals surface area contributed by atoms with Gasteiger partial charge in [0.25, 0.3) is 0 Å². The van der Waals surface area contributed by atoms with E-state index in [-0.39, 0.29) is 11.7 Å². The number of thioether (sulfide) groups is 1. The molecule has 2 aliphatic heterocycles. The second kappa shape index (κ2) is 5.68. The third-order valence-electron chi connectivity index (χ3n) is 4.21. The average Bonchev–Trinajstić information content (AvgIpc) is 2.97. The maximum atomic E-state index is 10.7. The molecule has 2 fully saturated rings. The zero-order valence-electron chi connectivity index (χ0n) is 11.0. The van der Waals surface area contributed by atoms with E-state index in [1.807, 2.05) is 11.8 Å². The van der Waals surface area contributed by atoms with Gasteiger partial charge in [-0.1, -0.05) is 0 Å². The quantitative estimate of drug-likeness (QED) is 0.856. The van der Waals surface area contributed by atoms with Gasteiger partial charge in [0.15, 0.2) is 0 Å². The Balaban J connectivity index is 1.74. The highest BCUT2D eigenvalue weighted by Gasteiger charge is 2.42. The molecule has 106 valence electrons. The molecule has 1 spiro atoms. The number of thiophene rings is 1. The van der Waals surface area contributed by atoms with Gasteiger partial charge in [0, 0.05) is 17.2 Å². The lowest BCUT2D eigenvalue weighted by molar-refractivity contribution is -0.101. The molecule has 0 saturated carbocycles. The molecule has 0 radical (unpaired) electrons. The normalized spacial score (nSPS) is 32.9. The SMILES string of the molecule is Cc1cc(C(O)C2CCOC3(CCSC3)C2)sc1Br. The van der Waals surface area contributed by atoms with Gasteiger partial charge in [0.2, 0.25) is 0 Å². The van der Waals surface area contributed by atoms with E-state index < -0.39 is 0 Å². The molecule has 1 aromatic heterocycles. The summed E-state index contributed by atoms with van der Waals surface area (Å²) >= 11 is 7.20. The van der Waals surface area contributed by atoms with Gasteiger partial charge in [0.1, 0.15) is 0 Å². The van der Waals surface area contributed by atoms with Crippen molar-refractivity contribution in [2.75, 3.05) is 18.1 Å². The molecule has 1 aromatic rings. The molecule has 3 atom stereocenters. The van der Waals surface area contributed by atoms with E-state index in [1.54, 1.807) is 11.3 Å². The first-order chi connectivity index (χ1) is 9.10. The van der Waals surface area contributed by atoms with Crippen LogP contribution >= 0.6 is 39.0 Å². The van der Waals surface area contributed by atoms with Gasteiger partial charge in [-0.05, 0) is 65.4 Å². The van der Waals surface area contributed by atoms with Crippen LogP contribution in [0.15, 0.2) is 9.85 Å². The molecular weight excluding hydrogens is 344 g/mol. The van der Waals surface area contributed by atoms with E-state index >= 15 is 0 Å². The maximum absolute atomic E-state index is 10.7. The van der Waals surface area contributed by atoms with Gasteiger partial charge in [-0.25, -0.2) is 0 Å². The van der Waals surface area contributed by atoms with E-state index in [2.05, 4.69) is 28.9 Å². The Labute approximate surface area is 131 Å². The molecule has 2 aliphatic rings. The number of ether oxygens (including phenoxy) is 1. The molecule has 2 saturated heterocycles. The predicted molar refractivity (Wildman–Crippen MR) is 85.1 cm³/mol. The Kier molecular flexibility index (Phi) is 4.30. The van der Waals surface area contributed by atoms with Crippen molar-refractivity contribution in [1.29, 1.82) is 0 Å². The second-order valence-electron chi connectivity index (χ2n) is 5.64. The number of rotatable bonds is 2. The summed E-state index contributed by atoms with van der Waals surface area (Å²) in [6.45, 7) is 2.88. The number of hydrogen-bond acceptors (Lipinski definition) is 4. The second-order valence-corrected chi connectivity index (χ2v) is 9.14. The third-order valence-corrected chi connectivity index (χ3v) is 7.64. The zero-order valence-corrected chi connectivity index (χ0v) is 14.2. The highest BCUT2D eigenvalue weighted by Crippen LogP contribution is 2.45. The lowest BCUT2D eigenvalue weighted by Crippen LogP contribution is -2.41. The van der Waals surface area contributed by atoms with E-state index in [1.165, 1.54) is 11.3 Å². The lowest BCUT2D eigenvalue weighted by Gasteiger charge is -2.39. The van der Waals surface area contributed by atoms with Gasteiger partial charge in [-0.3, -0.25) is 0 Å². The number of hydrogen-bond donors (Lipinski definition) is 1. The highest BCUT2D eigenvalue weighted by atomic mass is 79.9. The molecule has 3 unspecified atom stereocenters. The molecule has 3 heterocycles. The summed E-state index contributed by atoms with van der Waals surface area (Å²) in [7, 11) is 0. The molecule has 0 bridgehead atoms. The summed E-state index contributed by atoms with van der Waals surface area (Å²) in [4.78, 5) is 1.09. The van der Waals surface area contributed by atoms with E-state index in [0.717, 1.165) is 40.3 Å². The predicted octanol–water partition coefficient (Wildman–Crippen LogP) is 4.15. The standard InChI is InChI=1S/C14H19BrO2S2/c1-9-6-11(19-13(9)15)12(16)10-2-4-17-14(7-10)3-5-18-8-14/h6,10,12,16H,2-5,7-8H2,1H3. The van der Waals surface area contributed by atoms with Gasteiger partial charge in [0.05, 0.1) is 15.5 Å². The van der Waals surface area contributed by atoms with Crippen LogP contribution in [0.3, 0.4) is 0 Å². The molecule has 3 rings (SSSR count). The fourth-order valence-corrected chi connectivity index (χ4v) is 6.09. The number of aryl methyl sites for hydroxylation is 1.